The largest absolute Gasteiger partial charge is 0.449 e. The van der Waals surface area contributed by atoms with Crippen LogP contribution in [-0.2, 0) is 4.74 Å². The molecule has 1 amide bonds. The minimum absolute atomic E-state index is 0.0320. The summed E-state index contributed by atoms with van der Waals surface area (Å²) in [5.41, 5.74) is 4.45. The van der Waals surface area contributed by atoms with E-state index in [0.29, 0.717) is 0 Å². The van der Waals surface area contributed by atoms with Crippen LogP contribution in [0, 0.1) is 0 Å². The summed E-state index contributed by atoms with van der Waals surface area (Å²) in [5, 5.41) is 23.0. The molecule has 2 atom stereocenters. The zero-order chi connectivity index (χ0) is 23.4. The number of carbonyl (C=O) groups is 1. The minimum atomic E-state index is -2.66. The third-order valence-corrected chi connectivity index (χ3v) is 5.92. The summed E-state index contributed by atoms with van der Waals surface area (Å²) in [6.07, 6.45) is -5.83. The lowest BCUT2D eigenvalue weighted by Crippen LogP contribution is -2.30. The zero-order valence-corrected chi connectivity index (χ0v) is 17.8. The van der Waals surface area contributed by atoms with Gasteiger partial charge in [0.25, 0.3) is 6.43 Å². The second-order valence-corrected chi connectivity index (χ2v) is 8.02. The first-order valence-corrected chi connectivity index (χ1v) is 10.8. The molecule has 2 unspecified atom stereocenters. The average Bonchev–Trinajstić information content (AvgIpc) is 3.16. The number of carbonyl (C=O) groups excluding carboxylic acids is 1. The third kappa shape index (κ3) is 5.05. The van der Waals surface area contributed by atoms with E-state index in [0.717, 1.165) is 28.3 Å². The number of amides is 1. The Hall–Kier alpha value is -3.29. The van der Waals surface area contributed by atoms with E-state index in [2.05, 4.69) is 17.4 Å². The predicted octanol–water partition coefficient (Wildman–Crippen LogP) is 4.95. The number of alkyl halides is 2. The Morgan fingerprint density at radius 1 is 0.909 bits per heavy atom. The molecule has 3 aromatic carbocycles. The van der Waals surface area contributed by atoms with Crippen molar-refractivity contribution in [2.75, 3.05) is 13.2 Å². The molecule has 0 saturated heterocycles. The van der Waals surface area contributed by atoms with Crippen LogP contribution in [0.2, 0.25) is 0 Å². The second-order valence-electron chi connectivity index (χ2n) is 8.02. The molecule has 33 heavy (non-hydrogen) atoms. The fraction of sp³-hybridized carbons (Fsp3) is 0.269. The fourth-order valence-corrected chi connectivity index (χ4v) is 4.23. The van der Waals surface area contributed by atoms with E-state index in [1.807, 2.05) is 36.4 Å². The average molecular weight is 453 g/mol. The fourth-order valence-electron chi connectivity index (χ4n) is 4.23. The van der Waals surface area contributed by atoms with Crippen molar-refractivity contribution in [2.24, 2.45) is 0 Å². The first kappa shape index (κ1) is 22.9. The SMILES string of the molecule is O=C(NCCC(O)C(O)c1cccc(C(F)F)c1)OCC1c2ccccc2-c2ccccc21. The van der Waals surface area contributed by atoms with Crippen LogP contribution in [0.15, 0.2) is 72.8 Å². The number of aliphatic hydroxyl groups excluding tert-OH is 2. The molecule has 0 fully saturated rings. The van der Waals surface area contributed by atoms with Crippen molar-refractivity contribution in [3.8, 4) is 11.1 Å². The number of fused-ring (bicyclic) bond motifs is 3. The van der Waals surface area contributed by atoms with Gasteiger partial charge in [-0.1, -0.05) is 66.7 Å². The molecule has 172 valence electrons. The molecule has 0 spiro atoms. The van der Waals surface area contributed by atoms with Crippen molar-refractivity contribution in [2.45, 2.75) is 31.0 Å². The number of rotatable bonds is 8. The maximum Gasteiger partial charge on any atom is 0.407 e. The normalized spacial score (nSPS) is 14.5. The standard InChI is InChI=1S/C26H25F2NO4/c27-25(28)17-7-5-6-16(14-17)24(31)23(30)12-13-29-26(32)33-15-22-20-10-3-1-8-18(20)19-9-2-4-11-21(19)22/h1-11,14,22-25,30-31H,12-13,15H2,(H,29,32). The Balaban J connectivity index is 1.28. The van der Waals surface area contributed by atoms with E-state index in [1.165, 1.54) is 18.2 Å². The van der Waals surface area contributed by atoms with Crippen LogP contribution in [0.4, 0.5) is 13.6 Å². The third-order valence-electron chi connectivity index (χ3n) is 5.92. The predicted molar refractivity (Wildman–Crippen MR) is 120 cm³/mol. The van der Waals surface area contributed by atoms with Crippen LogP contribution < -0.4 is 5.32 Å². The van der Waals surface area contributed by atoms with Gasteiger partial charge in [0.05, 0.1) is 6.10 Å². The number of benzene rings is 3. The van der Waals surface area contributed by atoms with E-state index >= 15 is 0 Å². The van der Waals surface area contributed by atoms with Gasteiger partial charge >= 0.3 is 6.09 Å². The number of ether oxygens (including phenoxy) is 1. The highest BCUT2D eigenvalue weighted by molar-refractivity contribution is 5.79. The Bertz CT molecular complexity index is 1080. The van der Waals surface area contributed by atoms with Gasteiger partial charge in [-0.05, 0) is 40.3 Å². The first-order chi connectivity index (χ1) is 16.0. The molecule has 4 rings (SSSR count). The lowest BCUT2D eigenvalue weighted by atomic mass is 9.98. The number of hydrogen-bond donors (Lipinski definition) is 3. The Morgan fingerprint density at radius 3 is 2.15 bits per heavy atom. The quantitative estimate of drug-likeness (QED) is 0.451. The van der Waals surface area contributed by atoms with Gasteiger partial charge in [0.15, 0.2) is 0 Å². The Labute approximate surface area is 190 Å². The first-order valence-electron chi connectivity index (χ1n) is 10.8. The van der Waals surface area contributed by atoms with Crippen molar-refractivity contribution >= 4 is 6.09 Å². The second kappa shape index (κ2) is 10.1. The molecule has 0 saturated carbocycles. The van der Waals surface area contributed by atoms with Crippen LogP contribution in [0.25, 0.3) is 11.1 Å². The van der Waals surface area contributed by atoms with E-state index in [-0.39, 0.29) is 36.6 Å². The topological polar surface area (TPSA) is 78.8 Å². The highest BCUT2D eigenvalue weighted by Gasteiger charge is 2.29. The van der Waals surface area contributed by atoms with Gasteiger partial charge in [-0.15, -0.1) is 0 Å². The summed E-state index contributed by atoms with van der Waals surface area (Å²) >= 11 is 0. The van der Waals surface area contributed by atoms with E-state index in [1.54, 1.807) is 0 Å². The Kier molecular flexibility index (Phi) is 7.01. The van der Waals surface area contributed by atoms with Gasteiger partial charge in [0.1, 0.15) is 12.7 Å². The molecule has 1 aliphatic carbocycles. The molecular formula is C26H25F2NO4. The molecule has 0 heterocycles. The minimum Gasteiger partial charge on any atom is -0.449 e. The van der Waals surface area contributed by atoms with Crippen molar-refractivity contribution in [1.29, 1.82) is 0 Å². The van der Waals surface area contributed by atoms with Crippen molar-refractivity contribution in [3.05, 3.63) is 95.1 Å². The van der Waals surface area contributed by atoms with Crippen LogP contribution in [-0.4, -0.2) is 35.6 Å². The van der Waals surface area contributed by atoms with E-state index in [9.17, 15) is 23.8 Å². The van der Waals surface area contributed by atoms with Gasteiger partial charge < -0.3 is 20.3 Å². The summed E-state index contributed by atoms with van der Waals surface area (Å²) in [7, 11) is 0. The van der Waals surface area contributed by atoms with Crippen LogP contribution in [0.3, 0.4) is 0 Å². The molecule has 0 aliphatic heterocycles. The smallest absolute Gasteiger partial charge is 0.407 e. The van der Waals surface area contributed by atoms with Gasteiger partial charge in [-0.2, -0.15) is 0 Å². The van der Waals surface area contributed by atoms with Gasteiger partial charge in [0.2, 0.25) is 0 Å². The molecule has 3 aromatic rings. The molecule has 7 heteroatoms. The van der Waals surface area contributed by atoms with Crippen LogP contribution >= 0.6 is 0 Å². The molecular weight excluding hydrogens is 428 g/mol. The van der Waals surface area contributed by atoms with Gasteiger partial charge in [0, 0.05) is 18.0 Å². The molecule has 5 nitrogen and oxygen atoms in total. The molecule has 0 bridgehead atoms. The number of aliphatic hydroxyl groups is 2. The molecule has 1 aliphatic rings. The monoisotopic (exact) mass is 453 g/mol. The number of nitrogens with one attached hydrogen (secondary N) is 1. The van der Waals surface area contributed by atoms with Crippen molar-refractivity contribution in [1.82, 2.24) is 5.32 Å². The van der Waals surface area contributed by atoms with Gasteiger partial charge in [-0.3, -0.25) is 0 Å². The van der Waals surface area contributed by atoms with Crippen LogP contribution in [0.5, 0.6) is 0 Å². The summed E-state index contributed by atoms with van der Waals surface area (Å²) in [4.78, 5) is 12.2. The molecule has 0 radical (unpaired) electrons. The van der Waals surface area contributed by atoms with E-state index < -0.39 is 24.7 Å². The number of alkyl carbamates (subject to hydrolysis) is 1. The van der Waals surface area contributed by atoms with Gasteiger partial charge in [-0.25, -0.2) is 13.6 Å². The summed E-state index contributed by atoms with van der Waals surface area (Å²) < 4.78 is 31.1. The van der Waals surface area contributed by atoms with Crippen molar-refractivity contribution in [3.63, 3.8) is 0 Å². The lowest BCUT2D eigenvalue weighted by molar-refractivity contribution is 0.0134. The number of halogens is 2. The maximum atomic E-state index is 12.8. The van der Waals surface area contributed by atoms with Crippen molar-refractivity contribution < 1.29 is 28.5 Å². The highest BCUT2D eigenvalue weighted by atomic mass is 19.3. The zero-order valence-electron chi connectivity index (χ0n) is 17.8. The highest BCUT2D eigenvalue weighted by Crippen LogP contribution is 2.44. The summed E-state index contributed by atoms with van der Waals surface area (Å²) in [6.45, 7) is 0.231. The van der Waals surface area contributed by atoms with E-state index in [4.69, 9.17) is 4.74 Å². The lowest BCUT2D eigenvalue weighted by Gasteiger charge is -2.19. The van der Waals surface area contributed by atoms with Crippen LogP contribution in [0.1, 0.15) is 47.1 Å². The Morgan fingerprint density at radius 2 is 1.52 bits per heavy atom. The maximum absolute atomic E-state index is 12.8. The molecule has 0 aromatic heterocycles. The number of hydrogen-bond acceptors (Lipinski definition) is 4. The molecule has 3 N–H and O–H groups in total. The summed E-state index contributed by atoms with van der Waals surface area (Å²) in [6, 6.07) is 21.3. The summed E-state index contributed by atoms with van der Waals surface area (Å²) in [5.74, 6) is -0.0577.